The van der Waals surface area contributed by atoms with Gasteiger partial charge in [-0.3, -0.25) is 0 Å². The van der Waals surface area contributed by atoms with Gasteiger partial charge in [-0.05, 0) is 34.0 Å². The molecule has 0 aliphatic rings. The van der Waals surface area contributed by atoms with Crippen LogP contribution in [-0.4, -0.2) is 19.8 Å². The van der Waals surface area contributed by atoms with E-state index in [-0.39, 0.29) is 5.82 Å². The van der Waals surface area contributed by atoms with Crippen LogP contribution < -0.4 is 4.74 Å². The van der Waals surface area contributed by atoms with Crippen LogP contribution in [0.25, 0.3) is 0 Å². The predicted octanol–water partition coefficient (Wildman–Crippen LogP) is 3.64. The number of ether oxygens (including phenoxy) is 2. The van der Waals surface area contributed by atoms with Crippen LogP contribution in [0.4, 0.5) is 4.39 Å². The molecule has 90 valence electrons. The quantitative estimate of drug-likeness (QED) is 0.745. The molecule has 2 nitrogen and oxygen atoms in total. The van der Waals surface area contributed by atoms with Gasteiger partial charge in [0.25, 0.3) is 0 Å². The lowest BCUT2D eigenvalue weighted by Gasteiger charge is -2.09. The average molecular weight is 291 g/mol. The van der Waals surface area contributed by atoms with Crippen molar-refractivity contribution >= 4 is 15.9 Å². The molecule has 0 N–H and O–H groups in total. The van der Waals surface area contributed by atoms with Crippen molar-refractivity contribution in [3.8, 4) is 5.75 Å². The molecule has 0 fully saturated rings. The van der Waals surface area contributed by atoms with Crippen LogP contribution >= 0.6 is 15.9 Å². The van der Waals surface area contributed by atoms with Crippen molar-refractivity contribution in [1.82, 2.24) is 0 Å². The van der Waals surface area contributed by atoms with E-state index < -0.39 is 0 Å². The number of hydrogen-bond donors (Lipinski definition) is 0. The van der Waals surface area contributed by atoms with Gasteiger partial charge in [0.2, 0.25) is 0 Å². The zero-order chi connectivity index (χ0) is 12.0. The Morgan fingerprint density at radius 2 is 2.06 bits per heavy atom. The van der Waals surface area contributed by atoms with E-state index in [1.54, 1.807) is 6.07 Å². The molecule has 1 rings (SSSR count). The molecule has 0 atom stereocenters. The number of benzene rings is 1. The highest BCUT2D eigenvalue weighted by Gasteiger charge is 2.02. The first-order valence-corrected chi connectivity index (χ1v) is 6.04. The maximum absolute atomic E-state index is 12.9. The molecule has 0 unspecified atom stereocenters. The molecule has 0 bridgehead atoms. The monoisotopic (exact) mass is 290 g/mol. The van der Waals surface area contributed by atoms with Crippen molar-refractivity contribution in [1.29, 1.82) is 0 Å². The van der Waals surface area contributed by atoms with Gasteiger partial charge in [0, 0.05) is 12.7 Å². The maximum Gasteiger partial charge on any atom is 0.136 e. The molecule has 0 amide bonds. The van der Waals surface area contributed by atoms with Crippen molar-refractivity contribution in [2.45, 2.75) is 13.8 Å². The maximum atomic E-state index is 12.9. The minimum atomic E-state index is -0.304. The summed E-state index contributed by atoms with van der Waals surface area (Å²) in [6.07, 6.45) is 0. The second-order valence-electron chi connectivity index (χ2n) is 3.89. The van der Waals surface area contributed by atoms with Crippen molar-refractivity contribution in [3.63, 3.8) is 0 Å². The summed E-state index contributed by atoms with van der Waals surface area (Å²) in [6, 6.07) is 4.36. The van der Waals surface area contributed by atoms with E-state index in [1.807, 2.05) is 0 Å². The summed E-state index contributed by atoms with van der Waals surface area (Å²) in [7, 11) is 0. The molecule has 16 heavy (non-hydrogen) atoms. The summed E-state index contributed by atoms with van der Waals surface area (Å²) in [5.41, 5.74) is 0. The number of rotatable bonds is 6. The molecule has 0 aliphatic heterocycles. The van der Waals surface area contributed by atoms with Crippen LogP contribution in [-0.2, 0) is 4.74 Å². The Morgan fingerprint density at radius 3 is 2.75 bits per heavy atom. The fraction of sp³-hybridized carbons (Fsp3) is 0.500. The van der Waals surface area contributed by atoms with Crippen molar-refractivity contribution in [2.75, 3.05) is 19.8 Å². The van der Waals surface area contributed by atoms with Crippen LogP contribution in [0, 0.1) is 11.7 Å². The third-order valence-electron chi connectivity index (χ3n) is 1.83. The molecule has 1 aromatic rings. The summed E-state index contributed by atoms with van der Waals surface area (Å²) in [5, 5.41) is 0. The molecule has 0 aromatic heterocycles. The van der Waals surface area contributed by atoms with Gasteiger partial charge in [-0.25, -0.2) is 4.39 Å². The van der Waals surface area contributed by atoms with E-state index in [2.05, 4.69) is 29.8 Å². The van der Waals surface area contributed by atoms with Crippen LogP contribution in [0.2, 0.25) is 0 Å². The van der Waals surface area contributed by atoms with Crippen LogP contribution in [0.1, 0.15) is 13.8 Å². The minimum Gasteiger partial charge on any atom is -0.490 e. The van der Waals surface area contributed by atoms with Crippen molar-refractivity contribution < 1.29 is 13.9 Å². The van der Waals surface area contributed by atoms with Crippen LogP contribution in [0.3, 0.4) is 0 Å². The normalized spacial score (nSPS) is 10.8. The lowest BCUT2D eigenvalue weighted by atomic mass is 10.2. The molecule has 4 heteroatoms. The summed E-state index contributed by atoms with van der Waals surface area (Å²) in [6.45, 7) is 5.83. The summed E-state index contributed by atoms with van der Waals surface area (Å²) in [5.74, 6) is 0.718. The molecular weight excluding hydrogens is 275 g/mol. The van der Waals surface area contributed by atoms with Gasteiger partial charge < -0.3 is 9.47 Å². The first-order valence-electron chi connectivity index (χ1n) is 5.25. The van der Waals surface area contributed by atoms with Gasteiger partial charge in [-0.2, -0.15) is 0 Å². The largest absolute Gasteiger partial charge is 0.490 e. The fourth-order valence-electron chi connectivity index (χ4n) is 1.12. The zero-order valence-electron chi connectivity index (χ0n) is 9.50. The summed E-state index contributed by atoms with van der Waals surface area (Å²) in [4.78, 5) is 0. The zero-order valence-corrected chi connectivity index (χ0v) is 11.1. The SMILES string of the molecule is CC(C)COCCOc1cc(F)ccc1Br. The highest BCUT2D eigenvalue weighted by molar-refractivity contribution is 9.10. The molecule has 0 spiro atoms. The fourth-order valence-corrected chi connectivity index (χ4v) is 1.48. The Hall–Kier alpha value is -0.610. The molecule has 0 aliphatic carbocycles. The van der Waals surface area contributed by atoms with E-state index in [4.69, 9.17) is 9.47 Å². The molecule has 0 radical (unpaired) electrons. The first-order chi connectivity index (χ1) is 7.59. The number of halogens is 2. The van der Waals surface area contributed by atoms with Gasteiger partial charge in [0.1, 0.15) is 18.2 Å². The van der Waals surface area contributed by atoms with Gasteiger partial charge in [0.05, 0.1) is 11.1 Å². The van der Waals surface area contributed by atoms with Gasteiger partial charge in [-0.1, -0.05) is 13.8 Å². The Kier molecular flexibility index (Phi) is 5.77. The van der Waals surface area contributed by atoms with E-state index in [9.17, 15) is 4.39 Å². The van der Waals surface area contributed by atoms with E-state index >= 15 is 0 Å². The standard InChI is InChI=1S/C12H16BrFO2/c1-9(2)8-15-5-6-16-12-7-10(14)3-4-11(12)13/h3-4,7,9H,5-6,8H2,1-2H3. The Labute approximate surface area is 104 Å². The van der Waals surface area contributed by atoms with Gasteiger partial charge >= 0.3 is 0 Å². The topological polar surface area (TPSA) is 18.5 Å². The predicted molar refractivity (Wildman–Crippen MR) is 65.3 cm³/mol. The molecule has 0 saturated heterocycles. The van der Waals surface area contributed by atoms with E-state index in [0.29, 0.717) is 31.5 Å². The lowest BCUT2D eigenvalue weighted by Crippen LogP contribution is -2.10. The third kappa shape index (κ3) is 4.94. The summed E-state index contributed by atoms with van der Waals surface area (Å²) < 4.78 is 24.4. The Bertz CT molecular complexity index is 329. The Balaban J connectivity index is 2.29. The van der Waals surface area contributed by atoms with Crippen molar-refractivity contribution in [2.24, 2.45) is 5.92 Å². The van der Waals surface area contributed by atoms with Gasteiger partial charge in [0.15, 0.2) is 0 Å². The highest BCUT2D eigenvalue weighted by atomic mass is 79.9. The van der Waals surface area contributed by atoms with Gasteiger partial charge in [-0.15, -0.1) is 0 Å². The van der Waals surface area contributed by atoms with Crippen molar-refractivity contribution in [3.05, 3.63) is 28.5 Å². The molecule has 0 saturated carbocycles. The van der Waals surface area contributed by atoms with E-state index in [1.165, 1.54) is 12.1 Å². The summed E-state index contributed by atoms with van der Waals surface area (Å²) >= 11 is 3.29. The Morgan fingerprint density at radius 1 is 1.31 bits per heavy atom. The second-order valence-corrected chi connectivity index (χ2v) is 4.75. The lowest BCUT2D eigenvalue weighted by molar-refractivity contribution is 0.0816. The smallest absolute Gasteiger partial charge is 0.136 e. The van der Waals surface area contributed by atoms with Crippen LogP contribution in [0.15, 0.2) is 22.7 Å². The third-order valence-corrected chi connectivity index (χ3v) is 2.48. The average Bonchev–Trinajstić information content (AvgIpc) is 2.22. The number of hydrogen-bond acceptors (Lipinski definition) is 2. The minimum absolute atomic E-state index is 0.304. The molecule has 1 aromatic carbocycles. The second kappa shape index (κ2) is 6.86. The van der Waals surface area contributed by atoms with E-state index in [0.717, 1.165) is 4.47 Å². The first kappa shape index (κ1) is 13.5. The highest BCUT2D eigenvalue weighted by Crippen LogP contribution is 2.25. The van der Waals surface area contributed by atoms with Crippen LogP contribution in [0.5, 0.6) is 5.75 Å². The molecular formula is C12H16BrFO2. The molecule has 0 heterocycles.